The van der Waals surface area contributed by atoms with Crippen LogP contribution in [0.3, 0.4) is 0 Å². The van der Waals surface area contributed by atoms with Crippen LogP contribution < -0.4 is 5.43 Å². The highest BCUT2D eigenvalue weighted by molar-refractivity contribution is 6.02. The van der Waals surface area contributed by atoms with Crippen LogP contribution in [-0.4, -0.2) is 17.2 Å². The van der Waals surface area contributed by atoms with Crippen molar-refractivity contribution in [2.45, 2.75) is 18.8 Å². The van der Waals surface area contributed by atoms with E-state index in [0.717, 1.165) is 17.2 Å². The van der Waals surface area contributed by atoms with Crippen molar-refractivity contribution < 1.29 is 9.90 Å². The standard InChI is InChI=1S/C22H20N2O2/c1-22(16-8-3-2-4-9-16)13-19(22)21(26)24-23-14-18-17-10-6-5-7-15(17)11-12-20(18)25/h2-12,14,19,25H,13H2,1H3,(H,24,26)/t19-,22+/m0/s1. The van der Waals surface area contributed by atoms with Gasteiger partial charge in [0.2, 0.25) is 5.91 Å². The van der Waals surface area contributed by atoms with Gasteiger partial charge in [0.15, 0.2) is 0 Å². The van der Waals surface area contributed by atoms with Crippen LogP contribution in [0.1, 0.15) is 24.5 Å². The minimum absolute atomic E-state index is 0.0804. The summed E-state index contributed by atoms with van der Waals surface area (Å²) >= 11 is 0. The Labute approximate surface area is 152 Å². The SMILES string of the molecule is C[C@]1(c2ccccc2)C[C@H]1C(=O)NN=Cc1c(O)ccc2ccccc12. The van der Waals surface area contributed by atoms with Gasteiger partial charge >= 0.3 is 0 Å². The summed E-state index contributed by atoms with van der Waals surface area (Å²) in [5.41, 5.74) is 4.29. The summed E-state index contributed by atoms with van der Waals surface area (Å²) in [7, 11) is 0. The molecule has 3 aromatic carbocycles. The first-order valence-electron chi connectivity index (χ1n) is 8.69. The van der Waals surface area contributed by atoms with Gasteiger partial charge in [-0.3, -0.25) is 4.79 Å². The lowest BCUT2D eigenvalue weighted by Gasteiger charge is -2.10. The number of amides is 1. The van der Waals surface area contributed by atoms with Crippen molar-refractivity contribution in [1.82, 2.24) is 5.43 Å². The summed E-state index contributed by atoms with van der Waals surface area (Å²) in [6, 6.07) is 21.3. The van der Waals surface area contributed by atoms with E-state index in [0.29, 0.717) is 5.56 Å². The molecule has 2 atom stereocenters. The molecule has 1 saturated carbocycles. The monoisotopic (exact) mass is 344 g/mol. The van der Waals surface area contributed by atoms with E-state index < -0.39 is 0 Å². The zero-order valence-electron chi connectivity index (χ0n) is 14.5. The molecular formula is C22H20N2O2. The Hall–Kier alpha value is -3.14. The molecule has 0 heterocycles. The smallest absolute Gasteiger partial charge is 0.244 e. The van der Waals surface area contributed by atoms with Crippen LogP contribution in [0.5, 0.6) is 5.75 Å². The van der Waals surface area contributed by atoms with E-state index in [-0.39, 0.29) is 23.0 Å². The Balaban J connectivity index is 1.49. The molecule has 4 rings (SSSR count). The number of carbonyl (C=O) groups excluding carboxylic acids is 1. The summed E-state index contributed by atoms with van der Waals surface area (Å²) in [6.07, 6.45) is 2.33. The number of aromatic hydroxyl groups is 1. The quantitative estimate of drug-likeness (QED) is 0.556. The predicted molar refractivity (Wildman–Crippen MR) is 103 cm³/mol. The van der Waals surface area contributed by atoms with Crippen molar-refractivity contribution in [3.63, 3.8) is 0 Å². The van der Waals surface area contributed by atoms with E-state index >= 15 is 0 Å². The van der Waals surface area contributed by atoms with Gasteiger partial charge in [-0.1, -0.05) is 67.6 Å². The van der Waals surface area contributed by atoms with Gasteiger partial charge in [-0.2, -0.15) is 5.10 Å². The number of benzene rings is 3. The molecule has 0 bridgehead atoms. The molecule has 0 unspecified atom stereocenters. The fourth-order valence-electron chi connectivity index (χ4n) is 3.54. The first kappa shape index (κ1) is 16.3. The van der Waals surface area contributed by atoms with Crippen LogP contribution in [0.2, 0.25) is 0 Å². The van der Waals surface area contributed by atoms with E-state index in [1.54, 1.807) is 6.07 Å². The predicted octanol–water partition coefficient (Wildman–Crippen LogP) is 3.97. The molecule has 1 aliphatic carbocycles. The zero-order chi connectivity index (χ0) is 18.1. The molecule has 1 aliphatic rings. The molecule has 1 fully saturated rings. The highest BCUT2D eigenvalue weighted by Gasteiger charge is 2.55. The molecule has 0 radical (unpaired) electrons. The van der Waals surface area contributed by atoms with Crippen LogP contribution in [0.4, 0.5) is 0 Å². The second kappa shape index (κ2) is 6.30. The number of carbonyl (C=O) groups is 1. The van der Waals surface area contributed by atoms with Gasteiger partial charge < -0.3 is 5.11 Å². The zero-order valence-corrected chi connectivity index (χ0v) is 14.5. The van der Waals surface area contributed by atoms with Gasteiger partial charge in [-0.15, -0.1) is 0 Å². The highest BCUT2D eigenvalue weighted by atomic mass is 16.3. The largest absolute Gasteiger partial charge is 0.507 e. The van der Waals surface area contributed by atoms with Crippen molar-refractivity contribution in [3.8, 4) is 5.75 Å². The van der Waals surface area contributed by atoms with Crippen LogP contribution >= 0.6 is 0 Å². The molecule has 0 aliphatic heterocycles. The molecule has 1 amide bonds. The normalized spacial score (nSPS) is 21.8. The molecular weight excluding hydrogens is 324 g/mol. The van der Waals surface area contributed by atoms with Gasteiger partial charge in [-0.25, -0.2) is 5.43 Å². The van der Waals surface area contributed by atoms with Crippen LogP contribution in [0.15, 0.2) is 71.8 Å². The second-order valence-corrected chi connectivity index (χ2v) is 6.99. The lowest BCUT2D eigenvalue weighted by atomic mass is 9.95. The summed E-state index contributed by atoms with van der Waals surface area (Å²) in [4.78, 5) is 12.4. The summed E-state index contributed by atoms with van der Waals surface area (Å²) in [6.45, 7) is 2.10. The third-order valence-corrected chi connectivity index (χ3v) is 5.30. The maximum absolute atomic E-state index is 12.4. The highest BCUT2D eigenvalue weighted by Crippen LogP contribution is 2.53. The Bertz CT molecular complexity index is 997. The van der Waals surface area contributed by atoms with E-state index in [9.17, 15) is 9.90 Å². The number of hydrogen-bond donors (Lipinski definition) is 2. The molecule has 130 valence electrons. The van der Waals surface area contributed by atoms with E-state index in [4.69, 9.17) is 0 Å². The topological polar surface area (TPSA) is 61.7 Å². The molecule has 2 N–H and O–H groups in total. The maximum atomic E-state index is 12.4. The van der Waals surface area contributed by atoms with Gasteiger partial charge in [0.1, 0.15) is 5.75 Å². The second-order valence-electron chi connectivity index (χ2n) is 6.99. The third kappa shape index (κ3) is 2.84. The lowest BCUT2D eigenvalue weighted by Crippen LogP contribution is -2.23. The number of hydrazone groups is 1. The first-order chi connectivity index (χ1) is 12.6. The van der Waals surface area contributed by atoms with Crippen LogP contribution in [-0.2, 0) is 10.2 Å². The molecule has 4 heteroatoms. The Morgan fingerprint density at radius 2 is 1.85 bits per heavy atom. The number of nitrogens with one attached hydrogen (secondary N) is 1. The minimum Gasteiger partial charge on any atom is -0.507 e. The fraction of sp³-hybridized carbons (Fsp3) is 0.182. The van der Waals surface area contributed by atoms with Crippen molar-refractivity contribution in [3.05, 3.63) is 77.9 Å². The van der Waals surface area contributed by atoms with Crippen LogP contribution in [0, 0.1) is 5.92 Å². The number of phenolic OH excluding ortho intramolecular Hbond substituents is 1. The van der Waals surface area contributed by atoms with Gasteiger partial charge in [-0.05, 0) is 28.8 Å². The van der Waals surface area contributed by atoms with Gasteiger partial charge in [0.25, 0.3) is 0 Å². The average molecular weight is 344 g/mol. The van der Waals surface area contributed by atoms with Crippen molar-refractivity contribution in [2.24, 2.45) is 11.0 Å². The number of phenols is 1. The van der Waals surface area contributed by atoms with E-state index in [2.05, 4.69) is 29.6 Å². The lowest BCUT2D eigenvalue weighted by molar-refractivity contribution is -0.122. The average Bonchev–Trinajstić information content (AvgIpc) is 3.37. The number of fused-ring (bicyclic) bond motifs is 1. The third-order valence-electron chi connectivity index (χ3n) is 5.30. The molecule has 3 aromatic rings. The summed E-state index contributed by atoms with van der Waals surface area (Å²) in [5.74, 6) is -0.0299. The fourth-order valence-corrected chi connectivity index (χ4v) is 3.54. The van der Waals surface area contributed by atoms with Crippen molar-refractivity contribution >= 4 is 22.9 Å². The Morgan fingerprint density at radius 3 is 2.65 bits per heavy atom. The number of hydrogen-bond acceptors (Lipinski definition) is 3. The van der Waals surface area contributed by atoms with Crippen molar-refractivity contribution in [2.75, 3.05) is 0 Å². The number of nitrogens with zero attached hydrogens (tertiary/aromatic N) is 1. The Morgan fingerprint density at radius 1 is 1.12 bits per heavy atom. The number of rotatable bonds is 4. The maximum Gasteiger partial charge on any atom is 0.244 e. The van der Waals surface area contributed by atoms with E-state index in [1.165, 1.54) is 11.8 Å². The van der Waals surface area contributed by atoms with Gasteiger partial charge in [0.05, 0.1) is 12.1 Å². The molecule has 0 spiro atoms. The first-order valence-corrected chi connectivity index (χ1v) is 8.69. The van der Waals surface area contributed by atoms with E-state index in [1.807, 2.05) is 48.5 Å². The molecule has 0 saturated heterocycles. The summed E-state index contributed by atoms with van der Waals surface area (Å²) < 4.78 is 0. The van der Waals surface area contributed by atoms with Gasteiger partial charge in [0, 0.05) is 11.0 Å². The molecule has 26 heavy (non-hydrogen) atoms. The Kier molecular flexibility index (Phi) is 3.96. The molecule has 4 nitrogen and oxygen atoms in total. The minimum atomic E-state index is -0.123. The molecule has 0 aromatic heterocycles. The van der Waals surface area contributed by atoms with Crippen molar-refractivity contribution in [1.29, 1.82) is 0 Å². The summed E-state index contributed by atoms with van der Waals surface area (Å²) in [5, 5.41) is 16.1. The van der Waals surface area contributed by atoms with Crippen LogP contribution in [0.25, 0.3) is 10.8 Å².